The van der Waals surface area contributed by atoms with Crippen molar-refractivity contribution in [1.29, 1.82) is 0 Å². The van der Waals surface area contributed by atoms with Gasteiger partial charge in [-0.1, -0.05) is 41.0 Å². The molecule has 49 heavy (non-hydrogen) atoms. The number of carboxylic acid groups (broad SMARTS) is 2. The van der Waals surface area contributed by atoms with Gasteiger partial charge in [-0.3, -0.25) is 19.2 Å². The molecule has 0 spiro atoms. The number of ether oxygens (including phenoxy) is 2. The minimum absolute atomic E-state index is 0.0125. The first-order chi connectivity index (χ1) is 23.0. The molecule has 1 aromatic heterocycles. The van der Waals surface area contributed by atoms with Gasteiger partial charge in [0.05, 0.1) is 31.2 Å². The van der Waals surface area contributed by atoms with Crippen LogP contribution in [0.3, 0.4) is 0 Å². The van der Waals surface area contributed by atoms with Crippen molar-refractivity contribution in [3.05, 3.63) is 5.82 Å². The normalized spacial score (nSPS) is 13.5. The van der Waals surface area contributed by atoms with Crippen molar-refractivity contribution in [2.45, 2.75) is 97.1 Å². The van der Waals surface area contributed by atoms with E-state index in [0.29, 0.717) is 18.7 Å². The lowest BCUT2D eigenvalue weighted by Gasteiger charge is -2.31. The van der Waals surface area contributed by atoms with E-state index in [1.807, 2.05) is 13.8 Å². The number of tetrazole rings is 1. The zero-order valence-corrected chi connectivity index (χ0v) is 29.5. The molecule has 19 nitrogen and oxygen atoms in total. The second-order valence-electron chi connectivity index (χ2n) is 12.5. The van der Waals surface area contributed by atoms with E-state index in [2.05, 4.69) is 41.3 Å². The van der Waals surface area contributed by atoms with E-state index in [1.165, 1.54) is 0 Å². The van der Waals surface area contributed by atoms with Gasteiger partial charge in [0.1, 0.15) is 24.4 Å². The summed E-state index contributed by atoms with van der Waals surface area (Å²) in [5, 5.41) is 39.5. The Morgan fingerprint density at radius 3 is 2.14 bits per heavy atom. The Morgan fingerprint density at radius 1 is 0.898 bits per heavy atom. The number of amides is 4. The Balaban J connectivity index is 2.17. The maximum atomic E-state index is 12.8. The minimum Gasteiger partial charge on any atom is -0.593 e. The molecule has 0 aliphatic heterocycles. The van der Waals surface area contributed by atoms with E-state index < -0.39 is 64.6 Å². The molecule has 4 amide bonds. The fraction of sp³-hybridized carbons (Fsp3) is 0.759. The van der Waals surface area contributed by atoms with Crippen LogP contribution in [0.15, 0.2) is 0 Å². The van der Waals surface area contributed by atoms with Crippen LogP contribution in [0.5, 0.6) is 0 Å². The maximum absolute atomic E-state index is 12.8. The number of aromatic amines is 1. The van der Waals surface area contributed by atoms with Crippen molar-refractivity contribution in [2.75, 3.05) is 38.7 Å². The summed E-state index contributed by atoms with van der Waals surface area (Å²) in [5.74, 6) is -3.93. The van der Waals surface area contributed by atoms with Crippen LogP contribution in [0.4, 0.5) is 0 Å². The molecule has 0 aromatic carbocycles. The van der Waals surface area contributed by atoms with Crippen LogP contribution in [0.2, 0.25) is 0 Å². The number of hydrogen-bond donors (Lipinski definition) is 7. The summed E-state index contributed by atoms with van der Waals surface area (Å²) in [4.78, 5) is 71.6. The molecule has 278 valence electrons. The lowest BCUT2D eigenvalue weighted by atomic mass is 9.74. The summed E-state index contributed by atoms with van der Waals surface area (Å²) in [5.41, 5.74) is -1.39. The second kappa shape index (κ2) is 22.0. The van der Waals surface area contributed by atoms with Crippen LogP contribution in [-0.2, 0) is 55.0 Å². The van der Waals surface area contributed by atoms with Gasteiger partial charge in [0.15, 0.2) is 5.82 Å². The lowest BCUT2D eigenvalue weighted by molar-refractivity contribution is -0.144. The van der Waals surface area contributed by atoms with Crippen LogP contribution < -0.4 is 20.7 Å². The molecular weight excluding hydrogens is 668 g/mol. The van der Waals surface area contributed by atoms with Gasteiger partial charge in [0.25, 0.3) is 5.91 Å². The molecule has 7 N–H and O–H groups in total. The van der Waals surface area contributed by atoms with E-state index in [-0.39, 0.29) is 76.0 Å². The van der Waals surface area contributed by atoms with Crippen molar-refractivity contribution in [3.8, 4) is 0 Å². The number of aromatic nitrogens is 4. The van der Waals surface area contributed by atoms with Crippen molar-refractivity contribution in [2.24, 2.45) is 5.41 Å². The first kappa shape index (κ1) is 43.1. The number of rotatable bonds is 26. The van der Waals surface area contributed by atoms with Gasteiger partial charge in [-0.15, -0.1) is 5.10 Å². The quantitative estimate of drug-likeness (QED) is 0.0462. The molecule has 0 fully saturated rings. The molecule has 20 heteroatoms. The molecule has 1 rings (SSSR count). The molecule has 0 saturated carbocycles. The molecule has 0 radical (unpaired) electrons. The number of H-pyrrole nitrogens is 1. The summed E-state index contributed by atoms with van der Waals surface area (Å²) in [7, 11) is 0. The number of hydrogen-bond acceptors (Lipinski definition) is 12. The Labute approximate surface area is 288 Å². The molecule has 0 bridgehead atoms. The second-order valence-corrected chi connectivity index (χ2v) is 13.8. The number of nitrogens with zero attached hydrogens (tertiary/aromatic N) is 3. The predicted octanol–water partition coefficient (Wildman–Crippen LogP) is -0.678. The molecular formula is C29H50N8O11S. The van der Waals surface area contributed by atoms with Gasteiger partial charge in [0, 0.05) is 36.6 Å². The van der Waals surface area contributed by atoms with Crippen molar-refractivity contribution in [1.82, 2.24) is 41.3 Å². The van der Waals surface area contributed by atoms with Gasteiger partial charge in [-0.25, -0.2) is 14.7 Å². The summed E-state index contributed by atoms with van der Waals surface area (Å²) in [6.07, 6.45) is 0.998. The van der Waals surface area contributed by atoms with Gasteiger partial charge in [-0.2, -0.15) is 4.72 Å². The van der Waals surface area contributed by atoms with Crippen LogP contribution >= 0.6 is 0 Å². The number of nitrogens with one attached hydrogen (secondary N) is 5. The van der Waals surface area contributed by atoms with Crippen LogP contribution in [0.1, 0.15) is 85.4 Å². The summed E-state index contributed by atoms with van der Waals surface area (Å²) in [6, 6.07) is -2.44. The average Bonchev–Trinajstić information content (AvgIpc) is 3.56. The molecule has 1 heterocycles. The van der Waals surface area contributed by atoms with E-state index in [1.54, 1.807) is 20.8 Å². The van der Waals surface area contributed by atoms with E-state index in [4.69, 9.17) is 14.6 Å². The number of aliphatic carboxylic acids is 2. The monoisotopic (exact) mass is 718 g/mol. The number of carbonyl (C=O) groups excluding carboxylic acids is 4. The fourth-order valence-corrected chi connectivity index (χ4v) is 5.68. The summed E-state index contributed by atoms with van der Waals surface area (Å²) < 4.78 is 25.4. The first-order valence-corrected chi connectivity index (χ1v) is 17.2. The largest absolute Gasteiger partial charge is 0.593 e. The zero-order valence-electron chi connectivity index (χ0n) is 28.7. The third kappa shape index (κ3) is 17.9. The van der Waals surface area contributed by atoms with Gasteiger partial charge >= 0.3 is 11.9 Å². The highest BCUT2D eigenvalue weighted by atomic mass is 32.2. The Kier molecular flexibility index (Phi) is 19.3. The number of carbonyl (C=O) groups is 6. The van der Waals surface area contributed by atoms with Gasteiger partial charge in [0.2, 0.25) is 17.7 Å². The maximum Gasteiger partial charge on any atom is 0.326 e. The molecule has 0 aliphatic carbocycles. The molecule has 0 saturated heterocycles. The summed E-state index contributed by atoms with van der Waals surface area (Å²) in [6.45, 7) is 9.04. The minimum atomic E-state index is -1.66. The van der Waals surface area contributed by atoms with Crippen molar-refractivity contribution >= 4 is 46.9 Å². The van der Waals surface area contributed by atoms with Gasteiger partial charge in [-0.05, 0) is 29.7 Å². The van der Waals surface area contributed by atoms with Crippen LogP contribution in [0, 0.1) is 5.41 Å². The number of carboxylic acids is 2. The third-order valence-electron chi connectivity index (χ3n) is 7.10. The summed E-state index contributed by atoms with van der Waals surface area (Å²) >= 11 is -1.66. The van der Waals surface area contributed by atoms with Crippen molar-refractivity contribution < 1.29 is 53.0 Å². The van der Waals surface area contributed by atoms with E-state index in [9.17, 15) is 38.4 Å². The van der Waals surface area contributed by atoms with Gasteiger partial charge < -0.3 is 40.2 Å². The Bertz CT molecular complexity index is 1220. The highest BCUT2D eigenvalue weighted by Gasteiger charge is 2.39. The fourth-order valence-electron chi connectivity index (χ4n) is 4.69. The lowest BCUT2D eigenvalue weighted by Crippen LogP contribution is -2.44. The molecule has 0 aliphatic rings. The Morgan fingerprint density at radius 2 is 1.53 bits per heavy atom. The third-order valence-corrected chi connectivity index (χ3v) is 8.18. The smallest absolute Gasteiger partial charge is 0.326 e. The van der Waals surface area contributed by atoms with E-state index >= 15 is 0 Å². The topological polar surface area (TPSA) is 287 Å². The molecule has 1 aromatic rings. The average molecular weight is 719 g/mol. The van der Waals surface area contributed by atoms with E-state index in [0.717, 1.165) is 0 Å². The van der Waals surface area contributed by atoms with Crippen LogP contribution in [0.25, 0.3) is 0 Å². The highest BCUT2D eigenvalue weighted by molar-refractivity contribution is 7.90. The molecule has 3 unspecified atom stereocenters. The predicted molar refractivity (Wildman–Crippen MR) is 174 cm³/mol. The van der Waals surface area contributed by atoms with Crippen LogP contribution in [-0.4, -0.2) is 122 Å². The zero-order chi connectivity index (χ0) is 37.0. The Hall–Kier alpha value is -3.88. The highest BCUT2D eigenvalue weighted by Crippen LogP contribution is 2.35. The van der Waals surface area contributed by atoms with Crippen molar-refractivity contribution in [3.63, 3.8) is 0 Å². The molecule has 3 atom stereocenters. The standard InChI is InChI=1S/C29H50N8O11S/c1-6-8-19(24(41)42)31-22(39)11-10-20(25(43)44)32-23(40)17-48-15-14-47-13-12-30-21(38)9-7-16-49(46)35-27(45)29(4,5)18-28(2,3)26-33-36-37-34-26/h19-20H,6-18H2,1-5H3,(H,30,38)(H,31,39)(H,32,40)(H,35,45)(H,41,42)(H,43,44)(H,33,34,36,37). The SMILES string of the molecule is CCCC(NC(=O)CCC(NC(=O)COCCOCCNC(=O)CCC[S+]([O-])NC(=O)C(C)(C)CC(C)(C)c1nnn[nH]1)C(=O)O)C(=O)O. The first-order valence-electron chi connectivity index (χ1n) is 15.9.